The molecule has 0 heterocycles. The molecule has 0 aromatic rings. The Kier molecular flexibility index (Phi) is 59.5. The number of quaternary nitrogens is 1. The quantitative estimate of drug-likeness (QED) is 0.0216. The predicted molar refractivity (Wildman–Crippen MR) is 334 cm³/mol. The number of unbranched alkanes of at least 4 members (excludes halogenated alkanes) is 54. The van der Waals surface area contributed by atoms with Gasteiger partial charge in [0, 0.05) is 0 Å². The van der Waals surface area contributed by atoms with Gasteiger partial charge in [0.05, 0.1) is 46.5 Å². The highest BCUT2D eigenvalue weighted by Crippen LogP contribution is 2.22. The molecule has 0 rings (SSSR count). The van der Waals surface area contributed by atoms with Crippen molar-refractivity contribution in [3.8, 4) is 0 Å². The van der Waals surface area contributed by atoms with E-state index in [-0.39, 0.29) is 16.3 Å². The summed E-state index contributed by atoms with van der Waals surface area (Å²) in [5.74, 6) is -1.64. The van der Waals surface area contributed by atoms with E-state index in [9.17, 15) is 9.59 Å². The highest BCUT2D eigenvalue weighted by molar-refractivity contribution is 7.82. The fraction of sp³-hybridized carbons (Fsp3) is 0.955. The van der Waals surface area contributed by atoms with Gasteiger partial charge < -0.3 is 9.47 Å². The summed E-state index contributed by atoms with van der Waals surface area (Å²) in [6.45, 7) is 5.36. The number of ether oxygens (including phenoxy) is 2. The van der Waals surface area contributed by atoms with Crippen LogP contribution in [-0.4, -0.2) is 48.1 Å². The molecule has 0 aromatic heterocycles. The summed E-state index contributed by atoms with van der Waals surface area (Å²) in [5.41, 5.74) is 0. The summed E-state index contributed by atoms with van der Waals surface area (Å²) in [4.78, 5) is 26.4. The van der Waals surface area contributed by atoms with Gasteiger partial charge in [-0.1, -0.05) is 361 Å². The van der Waals surface area contributed by atoms with Crippen molar-refractivity contribution < 1.29 is 23.0 Å². The number of hydrogen-bond acceptors (Lipinski definition) is 6. The molecular weight excluding hydrogens is 947 g/mol. The first-order valence-electron chi connectivity index (χ1n) is 33.7. The van der Waals surface area contributed by atoms with Gasteiger partial charge in [0.25, 0.3) is 0 Å². The minimum atomic E-state index is -0.826. The van der Waals surface area contributed by atoms with E-state index in [1.807, 2.05) is 14.1 Å². The zero-order valence-electron chi connectivity index (χ0n) is 50.7. The number of nitrogens with zero attached hydrogens (tertiary/aromatic N) is 1. The molecule has 0 saturated heterocycles. The van der Waals surface area contributed by atoms with E-state index in [0.29, 0.717) is 18.2 Å². The van der Waals surface area contributed by atoms with Crippen LogP contribution in [0.2, 0.25) is 0 Å². The highest BCUT2D eigenvalue weighted by Gasteiger charge is 2.37. The van der Waals surface area contributed by atoms with Crippen LogP contribution in [0, 0.1) is 5.92 Å². The van der Waals surface area contributed by atoms with Crippen molar-refractivity contribution in [2.45, 2.75) is 380 Å². The third-order valence-corrected chi connectivity index (χ3v) is 17.1. The molecule has 0 N–H and O–H groups in total. The first-order valence-corrected chi connectivity index (χ1v) is 34.5. The topological polar surface area (TPSA) is 52.6 Å². The third-order valence-electron chi connectivity index (χ3n) is 16.0. The molecule has 0 saturated carbocycles. The van der Waals surface area contributed by atoms with Crippen molar-refractivity contribution in [2.75, 3.05) is 27.3 Å². The van der Waals surface area contributed by atoms with Gasteiger partial charge in [-0.05, 0) is 25.1 Å². The first kappa shape index (κ1) is 73.3. The Bertz CT molecular complexity index is 1160. The molecule has 0 aliphatic rings. The Hall–Kier alpha value is -0.660. The van der Waals surface area contributed by atoms with Crippen LogP contribution < -0.4 is 0 Å². The number of carbonyl (C=O) groups excluding carboxylic acids is 2. The van der Waals surface area contributed by atoms with Crippen molar-refractivity contribution >= 4 is 42.0 Å². The lowest BCUT2D eigenvalue weighted by atomic mass is 10.0. The summed E-state index contributed by atoms with van der Waals surface area (Å²) in [6, 6.07) is 0. The van der Waals surface area contributed by atoms with E-state index in [0.717, 1.165) is 25.7 Å². The normalized spacial score (nSPS) is 12.2. The molecule has 1 unspecified atom stereocenters. The third kappa shape index (κ3) is 56.1. The second kappa shape index (κ2) is 60.0. The molecule has 0 aliphatic carbocycles. The van der Waals surface area contributed by atoms with Crippen LogP contribution in [0.1, 0.15) is 380 Å². The van der Waals surface area contributed by atoms with Crippen LogP contribution in [-0.2, 0) is 19.1 Å². The van der Waals surface area contributed by atoms with Crippen LogP contribution in [0.3, 0.4) is 0 Å². The average molecular weight is 1080 g/mol. The van der Waals surface area contributed by atoms with Gasteiger partial charge in [-0.2, -0.15) is 0 Å². The molecular formula is C67H132NO4S2+. The molecule has 0 amide bonds. The second-order valence-corrected chi connectivity index (χ2v) is 25.4. The lowest BCUT2D eigenvalue weighted by Gasteiger charge is -2.25. The van der Waals surface area contributed by atoms with Gasteiger partial charge in [-0.3, -0.25) is 9.59 Å². The van der Waals surface area contributed by atoms with Gasteiger partial charge in [0.2, 0.25) is 0 Å². The Morgan fingerprint density at radius 3 is 0.689 bits per heavy atom. The number of esters is 2. The monoisotopic (exact) mass is 1080 g/mol. The number of carbonyl (C=O) groups is 2. The lowest BCUT2D eigenvalue weighted by molar-refractivity contribution is -0.642. The van der Waals surface area contributed by atoms with Gasteiger partial charge >= 0.3 is 11.9 Å². The van der Waals surface area contributed by atoms with Crippen molar-refractivity contribution in [3.05, 3.63) is 0 Å². The van der Waals surface area contributed by atoms with E-state index in [1.54, 1.807) is 0 Å². The number of thiol groups is 1. The van der Waals surface area contributed by atoms with Gasteiger partial charge in [-0.15, -0.1) is 0 Å². The molecule has 74 heavy (non-hydrogen) atoms. The summed E-state index contributed by atoms with van der Waals surface area (Å²) in [5, 5.41) is 0. The Morgan fingerprint density at radius 1 is 0.324 bits per heavy atom. The average Bonchev–Trinajstić information content (AvgIpc) is 3.38. The highest BCUT2D eigenvalue weighted by atomic mass is 32.1. The number of thiocarbonyl (C=S) groups is 1. The maximum atomic E-state index is 13.2. The summed E-state index contributed by atoms with van der Waals surface area (Å²) in [6.07, 6.45) is 77.0. The standard InChI is InChI=1S/C67H132NO4S2/c1-5-7-9-11-13-15-17-19-21-23-25-27-29-31-33-35-37-39-41-43-45-47-49-51-53-55-57-59-61-71-65(69)63-64(66(73)68(3,4)74)67(70)72-62-60-58-56-54-52-50-48-46-44-42-40-38-36-34-32-30-28-26-24-22-20-18-16-14-12-10-8-6-2/h64,74H,5-63H2,1-4H3/q+1. The Balaban J connectivity index is 3.65. The molecule has 7 heteroatoms. The van der Waals surface area contributed by atoms with E-state index in [4.69, 9.17) is 21.7 Å². The molecule has 0 aliphatic heterocycles. The van der Waals surface area contributed by atoms with E-state index < -0.39 is 11.9 Å². The van der Waals surface area contributed by atoms with Crippen LogP contribution in [0.4, 0.5) is 0 Å². The maximum absolute atomic E-state index is 13.2. The minimum absolute atomic E-state index is 0.0293. The molecule has 0 aromatic carbocycles. The number of rotatable bonds is 62. The van der Waals surface area contributed by atoms with Gasteiger partial charge in [0.1, 0.15) is 0 Å². The van der Waals surface area contributed by atoms with Crippen molar-refractivity contribution in [3.63, 3.8) is 0 Å². The molecule has 0 radical (unpaired) electrons. The summed E-state index contributed by atoms with van der Waals surface area (Å²) < 4.78 is 11.3. The van der Waals surface area contributed by atoms with Crippen molar-refractivity contribution in [1.82, 2.24) is 0 Å². The van der Waals surface area contributed by atoms with E-state index in [1.165, 1.54) is 334 Å². The zero-order valence-corrected chi connectivity index (χ0v) is 52.4. The van der Waals surface area contributed by atoms with Crippen LogP contribution in [0.25, 0.3) is 0 Å². The predicted octanol–water partition coefficient (Wildman–Crippen LogP) is 23.2. The molecule has 0 bridgehead atoms. The zero-order chi connectivity index (χ0) is 53.9. The fourth-order valence-corrected chi connectivity index (χ4v) is 11.2. The maximum Gasteiger partial charge on any atom is 0.320 e. The minimum Gasteiger partial charge on any atom is -0.466 e. The first-order chi connectivity index (χ1) is 36.2. The summed E-state index contributed by atoms with van der Waals surface area (Å²) >= 11 is 10.2. The smallest absolute Gasteiger partial charge is 0.320 e. The van der Waals surface area contributed by atoms with Gasteiger partial charge in [0.15, 0.2) is 10.9 Å². The second-order valence-electron chi connectivity index (χ2n) is 24.0. The number of hydrogen-bond donors (Lipinski definition) is 1. The molecule has 1 atom stereocenters. The molecule has 5 nitrogen and oxygen atoms in total. The SMILES string of the molecule is CCCCCCCCCCCCCCCCCCCCCCCCCCCCCCOC(=O)CC(C(=O)OCCCCCCCCCCCCCCCCCCCCCCCCCCCCCC)C(=S)[N+](C)(C)S. The van der Waals surface area contributed by atoms with Crippen LogP contribution >= 0.6 is 25.0 Å². The Labute approximate surface area is 475 Å². The van der Waals surface area contributed by atoms with Crippen LogP contribution in [0.5, 0.6) is 0 Å². The lowest BCUT2D eigenvalue weighted by Crippen LogP contribution is -2.43. The van der Waals surface area contributed by atoms with E-state index >= 15 is 0 Å². The van der Waals surface area contributed by atoms with Crippen molar-refractivity contribution in [1.29, 1.82) is 0 Å². The fourth-order valence-electron chi connectivity index (χ4n) is 10.9. The Morgan fingerprint density at radius 2 is 0.500 bits per heavy atom. The van der Waals surface area contributed by atoms with E-state index in [2.05, 4.69) is 26.7 Å². The molecule has 0 spiro atoms. The van der Waals surface area contributed by atoms with Crippen molar-refractivity contribution in [2.24, 2.45) is 5.92 Å². The largest absolute Gasteiger partial charge is 0.466 e. The van der Waals surface area contributed by atoms with Crippen LogP contribution in [0.15, 0.2) is 0 Å². The molecule has 0 fully saturated rings. The summed E-state index contributed by atoms with van der Waals surface area (Å²) in [7, 11) is 3.62. The molecule has 440 valence electrons. The van der Waals surface area contributed by atoms with Gasteiger partial charge in [-0.25, -0.2) is 3.89 Å².